The predicted molar refractivity (Wildman–Crippen MR) is 334 cm³/mol. The van der Waals surface area contributed by atoms with E-state index in [4.69, 9.17) is 88.6 Å². The summed E-state index contributed by atoms with van der Waals surface area (Å²) in [4.78, 5) is 58.4. The fraction of sp³-hybridized carbons (Fsp3) is 0.353. The van der Waals surface area contributed by atoms with Crippen molar-refractivity contribution in [2.75, 3.05) is 13.2 Å². The lowest BCUT2D eigenvalue weighted by Crippen LogP contribution is -2.46. The topological polar surface area (TPSA) is 112 Å². The van der Waals surface area contributed by atoms with E-state index in [0.29, 0.717) is 49.8 Å². The molecule has 2 aliphatic carbocycles. The van der Waals surface area contributed by atoms with Crippen molar-refractivity contribution in [3.05, 3.63) is 233 Å². The maximum absolute atomic E-state index is 14.5. The van der Waals surface area contributed by atoms with Gasteiger partial charge in [-0.25, -0.2) is 19.4 Å². The molecule has 0 bridgehead atoms. The summed E-state index contributed by atoms with van der Waals surface area (Å²) < 4.78 is 24.0. The second-order valence-corrected chi connectivity index (χ2v) is 26.3. The number of hydrogen-bond donors (Lipinski definition) is 0. The minimum absolute atomic E-state index is 0.144. The van der Waals surface area contributed by atoms with Gasteiger partial charge >= 0.3 is 12.2 Å². The van der Waals surface area contributed by atoms with Gasteiger partial charge in [-0.1, -0.05) is 198 Å². The second-order valence-electron chi connectivity index (χ2n) is 23.8. The number of halogens is 6. The van der Waals surface area contributed by atoms with E-state index in [1.165, 1.54) is 9.80 Å². The Hall–Kier alpha value is -5.66. The van der Waals surface area contributed by atoms with Gasteiger partial charge in [0.1, 0.15) is 11.2 Å². The minimum Gasteiger partial charge on any atom is -0.443 e. The van der Waals surface area contributed by atoms with E-state index in [1.807, 2.05) is 159 Å². The van der Waals surface area contributed by atoms with Crippen LogP contribution in [0, 0.1) is 23.2 Å². The first-order valence-electron chi connectivity index (χ1n) is 28.1. The van der Waals surface area contributed by atoms with E-state index in [1.54, 1.807) is 53.7 Å². The molecule has 6 aromatic rings. The molecular formula is C68H68Cl6N2O8. The highest BCUT2D eigenvalue weighted by Gasteiger charge is 2.64. The lowest BCUT2D eigenvalue weighted by atomic mass is 9.57. The Bertz CT molecular complexity index is 3390. The number of likely N-dealkylation sites (tertiary alicyclic amines) is 2. The Morgan fingerprint density at radius 3 is 1.40 bits per heavy atom. The molecule has 2 saturated heterocycles. The first kappa shape index (κ1) is 62.9. The molecule has 6 aromatic carbocycles. The van der Waals surface area contributed by atoms with Crippen LogP contribution in [0.5, 0.6) is 0 Å². The summed E-state index contributed by atoms with van der Waals surface area (Å²) in [5.41, 5.74) is 3.22. The second kappa shape index (κ2) is 26.5. The first-order valence-corrected chi connectivity index (χ1v) is 30.4. The van der Waals surface area contributed by atoms with Crippen LogP contribution in [0.1, 0.15) is 112 Å². The van der Waals surface area contributed by atoms with Gasteiger partial charge in [-0.3, -0.25) is 9.59 Å². The van der Waals surface area contributed by atoms with Gasteiger partial charge in [0.25, 0.3) is 0 Å². The zero-order chi connectivity index (χ0) is 60.3. The lowest BCUT2D eigenvalue weighted by Gasteiger charge is -2.44. The third-order valence-corrected chi connectivity index (χ3v) is 17.7. The van der Waals surface area contributed by atoms with Crippen molar-refractivity contribution in [1.29, 1.82) is 0 Å². The van der Waals surface area contributed by atoms with Crippen LogP contribution in [-0.4, -0.2) is 70.3 Å². The molecule has 10 rings (SSSR count). The van der Waals surface area contributed by atoms with Crippen LogP contribution in [0.4, 0.5) is 9.59 Å². The standard InChI is InChI=1S/C35H36Cl3NO4.C33H32Cl3NO4/c1-5-35-18-17-27(26-16-15-25(37)19-28(26)38)30(23-11-13-24(36)14-12-23)31(35)29(21-42-20-22-9-7-6-8-10-22)39(32(35)40)33(41)43-34(2,3)4;1-33(2,3)41-32(39)37-28(19-40-18-20-7-5-4-6-8-20)30-26(31(37)38)16-15-25(24-14-13-23(35)17-27(24)36)29(30)21-9-11-22(34)12-10-21/h6-19,27,29-31H,5,20-21H2,1-4H3;4-17,25-26,28-30H,18-19H2,1-3H3/t27-,29+,30-,31-,35+;25-,26-,28+,29-,30-/m00/s1. The van der Waals surface area contributed by atoms with Crippen molar-refractivity contribution >= 4 is 93.6 Å². The Balaban J connectivity index is 0.000000202. The van der Waals surface area contributed by atoms with Crippen LogP contribution in [0.15, 0.2) is 170 Å². The molecule has 4 amide bonds. The Morgan fingerprint density at radius 1 is 0.512 bits per heavy atom. The third kappa shape index (κ3) is 13.9. The number of rotatable bonds is 13. The van der Waals surface area contributed by atoms with Crippen molar-refractivity contribution in [2.24, 2.45) is 23.2 Å². The number of imide groups is 2. The third-order valence-electron chi connectivity index (χ3n) is 16.1. The average Bonchev–Trinajstić information content (AvgIpc) is 1.63. The quantitative estimate of drug-likeness (QED) is 0.105. The number of carbonyl (C=O) groups is 4. The molecule has 10 atom stereocenters. The highest BCUT2D eigenvalue weighted by atomic mass is 35.5. The molecule has 0 N–H and O–H groups in total. The van der Waals surface area contributed by atoms with Crippen molar-refractivity contribution in [3.8, 4) is 0 Å². The molecule has 0 aromatic heterocycles. The molecule has 16 heteroatoms. The number of allylic oxidation sites excluding steroid dienone is 2. The van der Waals surface area contributed by atoms with Crippen LogP contribution < -0.4 is 0 Å². The summed E-state index contributed by atoms with van der Waals surface area (Å²) >= 11 is 38.7. The van der Waals surface area contributed by atoms with Gasteiger partial charge in [0.2, 0.25) is 11.8 Å². The van der Waals surface area contributed by atoms with Crippen LogP contribution in [0.2, 0.25) is 30.1 Å². The lowest BCUT2D eigenvalue weighted by molar-refractivity contribution is -0.135. The molecule has 0 radical (unpaired) electrons. The average molecular weight is 1250 g/mol. The molecule has 440 valence electrons. The molecular weight excluding hydrogens is 1190 g/mol. The molecule has 2 heterocycles. The number of ether oxygens (including phenoxy) is 4. The number of benzene rings is 6. The molecule has 4 aliphatic rings. The number of hydrogen-bond acceptors (Lipinski definition) is 8. The van der Waals surface area contributed by atoms with Crippen molar-refractivity contribution in [1.82, 2.24) is 9.80 Å². The maximum Gasteiger partial charge on any atom is 0.417 e. The van der Waals surface area contributed by atoms with E-state index in [-0.39, 0.29) is 60.5 Å². The van der Waals surface area contributed by atoms with Gasteiger partial charge in [-0.15, -0.1) is 0 Å². The Labute approximate surface area is 522 Å². The number of amides is 4. The fourth-order valence-corrected chi connectivity index (χ4v) is 13.9. The summed E-state index contributed by atoms with van der Waals surface area (Å²) in [6.45, 7) is 13.7. The van der Waals surface area contributed by atoms with E-state index in [9.17, 15) is 19.2 Å². The SMILES string of the molecule is CC(C)(C)OC(=O)N1C(=O)[C@H]2C=C[C@@H](c3ccc(Cl)cc3Cl)[C@H](c3ccc(Cl)cc3)[C@@H]2[C@H]1COCc1ccccc1.CC[C@@]12C=C[C@@H](c3ccc(Cl)cc3Cl)[C@H](c3ccc(Cl)cc3)[C@@H]1[C@@H](COCc1ccccc1)N(C(=O)OC(C)(C)C)C2=O. The van der Waals surface area contributed by atoms with Gasteiger partial charge in [0.05, 0.1) is 49.8 Å². The normalized spacial score (nSPS) is 24.5. The maximum atomic E-state index is 14.5. The van der Waals surface area contributed by atoms with E-state index < -0.39 is 46.8 Å². The zero-order valence-electron chi connectivity index (χ0n) is 47.8. The predicted octanol–water partition coefficient (Wildman–Crippen LogP) is 18.1. The van der Waals surface area contributed by atoms with Gasteiger partial charge in [-0.2, -0.15) is 0 Å². The zero-order valence-corrected chi connectivity index (χ0v) is 52.4. The molecule has 84 heavy (non-hydrogen) atoms. The smallest absolute Gasteiger partial charge is 0.417 e. The van der Waals surface area contributed by atoms with Gasteiger partial charge < -0.3 is 18.9 Å². The molecule has 10 nitrogen and oxygen atoms in total. The van der Waals surface area contributed by atoms with Gasteiger partial charge in [0.15, 0.2) is 0 Å². The van der Waals surface area contributed by atoms with Crippen LogP contribution in [-0.2, 0) is 41.8 Å². The molecule has 0 saturated carbocycles. The summed E-state index contributed by atoms with van der Waals surface area (Å²) in [7, 11) is 0. The van der Waals surface area contributed by atoms with Crippen LogP contribution in [0.3, 0.4) is 0 Å². The molecule has 2 fully saturated rings. The fourth-order valence-electron chi connectivity index (χ4n) is 12.6. The molecule has 2 aliphatic heterocycles. The number of carbonyl (C=O) groups excluding carboxylic acids is 4. The minimum atomic E-state index is -0.961. The van der Waals surface area contributed by atoms with Crippen molar-refractivity contribution < 1.29 is 38.1 Å². The van der Waals surface area contributed by atoms with Gasteiger partial charge in [-0.05, 0) is 130 Å². The molecule has 0 unspecified atom stereocenters. The van der Waals surface area contributed by atoms with Gasteiger partial charge in [0, 0.05) is 65.6 Å². The summed E-state index contributed by atoms with van der Waals surface area (Å²) in [5, 5.41) is 3.37. The largest absolute Gasteiger partial charge is 0.443 e. The van der Waals surface area contributed by atoms with E-state index >= 15 is 0 Å². The Morgan fingerprint density at radius 2 is 0.940 bits per heavy atom. The summed E-state index contributed by atoms with van der Waals surface area (Å²) in [6, 6.07) is 44.7. The number of fused-ring (bicyclic) bond motifs is 2. The van der Waals surface area contributed by atoms with E-state index in [2.05, 4.69) is 6.08 Å². The first-order chi connectivity index (χ1) is 40.0. The van der Waals surface area contributed by atoms with E-state index in [0.717, 1.165) is 33.4 Å². The summed E-state index contributed by atoms with van der Waals surface area (Å²) in [6.07, 6.45) is 7.12. The summed E-state index contributed by atoms with van der Waals surface area (Å²) in [5.74, 6) is -2.65. The highest BCUT2D eigenvalue weighted by molar-refractivity contribution is 6.35. The van der Waals surface area contributed by atoms with Crippen molar-refractivity contribution in [2.45, 2.75) is 115 Å². The van der Waals surface area contributed by atoms with Crippen LogP contribution in [0.25, 0.3) is 0 Å². The van der Waals surface area contributed by atoms with Crippen LogP contribution >= 0.6 is 69.6 Å². The number of nitrogens with zero attached hydrogens (tertiary/aromatic N) is 2. The monoisotopic (exact) mass is 1250 g/mol. The Kier molecular flexibility index (Phi) is 19.9. The highest BCUT2D eigenvalue weighted by Crippen LogP contribution is 2.60. The molecule has 0 spiro atoms. The van der Waals surface area contributed by atoms with Crippen molar-refractivity contribution in [3.63, 3.8) is 0 Å².